The molecule has 1 aromatic carbocycles. The Hall–Kier alpha value is -1.15. The zero-order valence-electron chi connectivity index (χ0n) is 16.4. The number of benzene rings is 1. The van der Waals surface area contributed by atoms with E-state index in [4.69, 9.17) is 5.73 Å². The normalized spacial score (nSPS) is 17.0. The number of piperazine rings is 1. The first kappa shape index (κ1) is 22.9. The van der Waals surface area contributed by atoms with E-state index < -0.39 is 16.1 Å². The third kappa shape index (κ3) is 3.91. The molecule has 0 spiro atoms. The average Bonchev–Trinajstić information content (AvgIpc) is 2.57. The molecule has 0 aromatic heterocycles. The summed E-state index contributed by atoms with van der Waals surface area (Å²) in [4.78, 5) is 14.0. The second kappa shape index (κ2) is 8.25. The van der Waals surface area contributed by atoms with Crippen molar-refractivity contribution in [2.75, 3.05) is 26.2 Å². The standard InChI is InChI=1S/C18H29N3O3S.ClH/c1-11-12(2)14(4)17(15(5)13(11)3)25(23,24)21-9-7-20(8-10-21)18(22)16(6)19;/h16H,7-10,19H2,1-6H3;1H/t16-;/m1./s1. The molecule has 6 nitrogen and oxygen atoms in total. The highest BCUT2D eigenvalue weighted by Gasteiger charge is 2.33. The second-order valence-corrected chi connectivity index (χ2v) is 8.85. The summed E-state index contributed by atoms with van der Waals surface area (Å²) in [6.45, 7) is 12.7. The molecule has 1 heterocycles. The fourth-order valence-corrected chi connectivity index (χ4v) is 5.40. The molecule has 8 heteroatoms. The minimum absolute atomic E-state index is 0. The molecule has 2 N–H and O–H groups in total. The molecule has 0 saturated carbocycles. The maximum atomic E-state index is 13.3. The molecule has 1 aliphatic rings. The average molecular weight is 404 g/mol. The van der Waals surface area contributed by atoms with Gasteiger partial charge in [0.1, 0.15) is 0 Å². The second-order valence-electron chi connectivity index (χ2n) is 6.97. The SMILES string of the molecule is Cc1c(C)c(C)c(S(=O)(=O)N2CCN(C(=O)[C@@H](C)N)CC2)c(C)c1C.Cl. The summed E-state index contributed by atoms with van der Waals surface area (Å²) in [6.07, 6.45) is 0. The summed E-state index contributed by atoms with van der Waals surface area (Å²) in [5.41, 5.74) is 10.5. The van der Waals surface area contributed by atoms with E-state index in [1.165, 1.54) is 4.31 Å². The summed E-state index contributed by atoms with van der Waals surface area (Å²) in [6, 6.07) is -0.560. The van der Waals surface area contributed by atoms with Crippen molar-refractivity contribution >= 4 is 28.3 Å². The van der Waals surface area contributed by atoms with Crippen LogP contribution in [0.25, 0.3) is 0 Å². The molecule has 0 radical (unpaired) electrons. The zero-order chi connectivity index (χ0) is 19.1. The highest BCUT2D eigenvalue weighted by atomic mass is 35.5. The fourth-order valence-electron chi connectivity index (χ4n) is 3.42. The van der Waals surface area contributed by atoms with Crippen molar-refractivity contribution in [2.45, 2.75) is 52.5 Å². The third-order valence-electron chi connectivity index (χ3n) is 5.47. The fraction of sp³-hybridized carbons (Fsp3) is 0.611. The molecule has 1 aromatic rings. The lowest BCUT2D eigenvalue weighted by atomic mass is 9.95. The summed E-state index contributed by atoms with van der Waals surface area (Å²) in [5, 5.41) is 0. The van der Waals surface area contributed by atoms with Crippen molar-refractivity contribution in [3.63, 3.8) is 0 Å². The van der Waals surface area contributed by atoms with Crippen LogP contribution in [0, 0.1) is 34.6 Å². The minimum Gasteiger partial charge on any atom is -0.339 e. The number of nitrogens with zero attached hydrogens (tertiary/aromatic N) is 2. The highest BCUT2D eigenvalue weighted by molar-refractivity contribution is 7.89. The van der Waals surface area contributed by atoms with E-state index in [-0.39, 0.29) is 18.3 Å². The van der Waals surface area contributed by atoms with Crippen LogP contribution < -0.4 is 5.73 Å². The van der Waals surface area contributed by atoms with Gasteiger partial charge in [-0.1, -0.05) is 0 Å². The predicted octanol–water partition coefficient (Wildman–Crippen LogP) is 1.83. The smallest absolute Gasteiger partial charge is 0.243 e. The number of carbonyl (C=O) groups is 1. The molecular formula is C18H30ClN3O3S. The Morgan fingerprint density at radius 1 is 0.885 bits per heavy atom. The Morgan fingerprint density at radius 2 is 1.27 bits per heavy atom. The van der Waals surface area contributed by atoms with Crippen LogP contribution in [-0.4, -0.2) is 55.8 Å². The number of sulfonamides is 1. The Kier molecular flexibility index (Phi) is 7.26. The molecule has 148 valence electrons. The van der Waals surface area contributed by atoms with Crippen molar-refractivity contribution < 1.29 is 13.2 Å². The lowest BCUT2D eigenvalue weighted by Gasteiger charge is -2.35. The summed E-state index contributed by atoms with van der Waals surface area (Å²) < 4.78 is 28.0. The van der Waals surface area contributed by atoms with Crippen LogP contribution in [0.4, 0.5) is 0 Å². The van der Waals surface area contributed by atoms with E-state index in [0.29, 0.717) is 31.1 Å². The van der Waals surface area contributed by atoms with Crippen molar-refractivity contribution in [2.24, 2.45) is 5.73 Å². The van der Waals surface area contributed by atoms with E-state index >= 15 is 0 Å². The maximum Gasteiger partial charge on any atom is 0.243 e. The van der Waals surface area contributed by atoms with Crippen molar-refractivity contribution in [1.29, 1.82) is 0 Å². The first-order valence-electron chi connectivity index (χ1n) is 8.61. The van der Waals surface area contributed by atoms with Crippen LogP contribution in [0.15, 0.2) is 4.90 Å². The monoisotopic (exact) mass is 403 g/mol. The van der Waals surface area contributed by atoms with Gasteiger partial charge in [0.15, 0.2) is 0 Å². The van der Waals surface area contributed by atoms with E-state index in [0.717, 1.165) is 27.8 Å². The molecule has 1 saturated heterocycles. The quantitative estimate of drug-likeness (QED) is 0.834. The Labute approximate surface area is 163 Å². The van der Waals surface area contributed by atoms with Crippen molar-refractivity contribution in [1.82, 2.24) is 9.21 Å². The van der Waals surface area contributed by atoms with Gasteiger partial charge in [0, 0.05) is 26.2 Å². The zero-order valence-corrected chi connectivity index (χ0v) is 18.1. The van der Waals surface area contributed by atoms with Crippen molar-refractivity contribution in [3.8, 4) is 0 Å². The lowest BCUT2D eigenvalue weighted by molar-refractivity contribution is -0.133. The molecule has 1 atom stereocenters. The number of halogens is 1. The van der Waals surface area contributed by atoms with E-state index in [1.54, 1.807) is 11.8 Å². The van der Waals surface area contributed by atoms with Gasteiger partial charge in [-0.05, 0) is 69.4 Å². The first-order valence-corrected chi connectivity index (χ1v) is 10.1. The van der Waals surface area contributed by atoms with Crippen LogP contribution in [0.3, 0.4) is 0 Å². The largest absolute Gasteiger partial charge is 0.339 e. The van der Waals surface area contributed by atoms with Gasteiger partial charge in [0.25, 0.3) is 0 Å². The number of hydrogen-bond acceptors (Lipinski definition) is 4. The van der Waals surface area contributed by atoms with Gasteiger partial charge in [-0.3, -0.25) is 4.79 Å². The molecule has 0 unspecified atom stereocenters. The van der Waals surface area contributed by atoms with Crippen LogP contribution in [0.2, 0.25) is 0 Å². The summed E-state index contributed by atoms with van der Waals surface area (Å²) in [5.74, 6) is -0.133. The molecule has 1 amide bonds. The van der Waals surface area contributed by atoms with E-state index in [2.05, 4.69) is 0 Å². The topological polar surface area (TPSA) is 83.7 Å². The minimum atomic E-state index is -3.59. The third-order valence-corrected chi connectivity index (χ3v) is 7.64. The number of hydrogen-bond donors (Lipinski definition) is 1. The molecule has 1 aliphatic heterocycles. The van der Waals surface area contributed by atoms with Gasteiger partial charge in [-0.15, -0.1) is 12.4 Å². The molecule has 1 fully saturated rings. The van der Waals surface area contributed by atoms with E-state index in [1.807, 2.05) is 34.6 Å². The molecular weight excluding hydrogens is 374 g/mol. The van der Waals surface area contributed by atoms with Crippen LogP contribution in [0.1, 0.15) is 34.7 Å². The molecule has 26 heavy (non-hydrogen) atoms. The van der Waals surface area contributed by atoms with E-state index in [9.17, 15) is 13.2 Å². The number of rotatable bonds is 3. The van der Waals surface area contributed by atoms with Gasteiger partial charge >= 0.3 is 0 Å². The molecule has 0 bridgehead atoms. The van der Waals surface area contributed by atoms with Gasteiger partial charge in [-0.25, -0.2) is 8.42 Å². The van der Waals surface area contributed by atoms with Crippen LogP contribution in [-0.2, 0) is 14.8 Å². The van der Waals surface area contributed by atoms with Gasteiger partial charge < -0.3 is 10.6 Å². The summed E-state index contributed by atoms with van der Waals surface area (Å²) in [7, 11) is -3.59. The van der Waals surface area contributed by atoms with Gasteiger partial charge in [0.05, 0.1) is 10.9 Å². The lowest BCUT2D eigenvalue weighted by Crippen LogP contribution is -2.53. The molecule has 0 aliphatic carbocycles. The molecule has 2 rings (SSSR count). The Bertz CT molecular complexity index is 769. The maximum absolute atomic E-state index is 13.3. The Balaban J connectivity index is 0.00000338. The van der Waals surface area contributed by atoms with Gasteiger partial charge in [-0.2, -0.15) is 4.31 Å². The van der Waals surface area contributed by atoms with Gasteiger partial charge in [0.2, 0.25) is 15.9 Å². The number of amides is 1. The number of carbonyl (C=O) groups excluding carboxylic acids is 1. The first-order chi connectivity index (χ1) is 11.5. The number of nitrogens with two attached hydrogens (primary N) is 1. The van der Waals surface area contributed by atoms with Crippen LogP contribution >= 0.6 is 12.4 Å². The predicted molar refractivity (Wildman–Crippen MR) is 106 cm³/mol. The summed E-state index contributed by atoms with van der Waals surface area (Å²) >= 11 is 0. The van der Waals surface area contributed by atoms with Crippen molar-refractivity contribution in [3.05, 3.63) is 27.8 Å². The van der Waals surface area contributed by atoms with Crippen LogP contribution in [0.5, 0.6) is 0 Å². The highest BCUT2D eigenvalue weighted by Crippen LogP contribution is 2.31. The Morgan fingerprint density at radius 3 is 1.65 bits per heavy atom.